The summed E-state index contributed by atoms with van der Waals surface area (Å²) in [6.45, 7) is 1.79. The lowest BCUT2D eigenvalue weighted by Crippen LogP contribution is -2.00. The molecule has 0 fully saturated rings. The monoisotopic (exact) mass is 256 g/mol. The van der Waals surface area contributed by atoms with E-state index in [-0.39, 0.29) is 12.6 Å². The predicted molar refractivity (Wildman–Crippen MR) is 54.7 cm³/mol. The Kier molecular flexibility index (Phi) is 2.46. The van der Waals surface area contributed by atoms with Crippen LogP contribution in [0.15, 0.2) is 16.6 Å². The molecule has 0 saturated heterocycles. The molecule has 1 aliphatic rings. The van der Waals surface area contributed by atoms with Crippen LogP contribution in [0.5, 0.6) is 11.5 Å². The third kappa shape index (κ3) is 1.62. The van der Waals surface area contributed by atoms with Gasteiger partial charge in [0.2, 0.25) is 6.79 Å². The van der Waals surface area contributed by atoms with Gasteiger partial charge >= 0.3 is 0 Å². The second-order valence-electron chi connectivity index (χ2n) is 3.14. The minimum atomic E-state index is 0.106. The molecule has 74 valence electrons. The Morgan fingerprint density at radius 1 is 1.50 bits per heavy atom. The summed E-state index contributed by atoms with van der Waals surface area (Å²) in [6, 6.07) is 3.70. The molecule has 1 aromatic rings. The Morgan fingerprint density at radius 2 is 2.29 bits per heavy atom. The molecule has 2 rings (SSSR count). The fourth-order valence-electron chi connectivity index (χ4n) is 1.42. The van der Waals surface area contributed by atoms with E-state index in [4.69, 9.17) is 9.47 Å². The van der Waals surface area contributed by atoms with E-state index in [1.54, 1.807) is 6.92 Å². The molecule has 0 bridgehead atoms. The molecular weight excluding hydrogens is 248 g/mol. The van der Waals surface area contributed by atoms with Crippen LogP contribution in [-0.2, 0) is 11.2 Å². The van der Waals surface area contributed by atoms with Crippen molar-refractivity contribution in [2.75, 3.05) is 6.79 Å². The molecule has 0 aliphatic carbocycles. The number of ketones is 1. The van der Waals surface area contributed by atoms with Gasteiger partial charge in [-0.1, -0.05) is 15.9 Å². The molecule has 0 aromatic heterocycles. The maximum Gasteiger partial charge on any atom is 0.231 e. The summed E-state index contributed by atoms with van der Waals surface area (Å²) < 4.78 is 11.4. The third-order valence-corrected chi connectivity index (χ3v) is 2.75. The van der Waals surface area contributed by atoms with Crippen molar-refractivity contribution in [3.63, 3.8) is 0 Å². The molecule has 0 amide bonds. The lowest BCUT2D eigenvalue weighted by Gasteiger charge is -2.05. The molecule has 3 nitrogen and oxygen atoms in total. The van der Waals surface area contributed by atoms with Gasteiger partial charge in [-0.25, -0.2) is 0 Å². The van der Waals surface area contributed by atoms with Crippen LogP contribution in [0, 0.1) is 0 Å². The fourth-order valence-corrected chi connectivity index (χ4v) is 1.87. The van der Waals surface area contributed by atoms with Crippen molar-refractivity contribution in [1.82, 2.24) is 0 Å². The summed E-state index contributed by atoms with van der Waals surface area (Å²) in [5.41, 5.74) is 0.868. The van der Waals surface area contributed by atoms with Crippen molar-refractivity contribution < 1.29 is 14.3 Å². The molecule has 0 saturated carbocycles. The highest BCUT2D eigenvalue weighted by Gasteiger charge is 2.20. The lowest BCUT2D eigenvalue weighted by atomic mass is 10.1. The van der Waals surface area contributed by atoms with Gasteiger partial charge in [-0.3, -0.25) is 4.79 Å². The van der Waals surface area contributed by atoms with Crippen LogP contribution in [0.4, 0.5) is 0 Å². The van der Waals surface area contributed by atoms with Gasteiger partial charge in [0.1, 0.15) is 5.78 Å². The van der Waals surface area contributed by atoms with E-state index in [1.807, 2.05) is 12.1 Å². The fraction of sp³-hybridized carbons (Fsp3) is 0.300. The average Bonchev–Trinajstić information content (AvgIpc) is 2.57. The molecule has 0 unspecified atom stereocenters. The smallest absolute Gasteiger partial charge is 0.231 e. The van der Waals surface area contributed by atoms with Crippen LogP contribution in [0.2, 0.25) is 0 Å². The van der Waals surface area contributed by atoms with Crippen molar-refractivity contribution in [2.45, 2.75) is 13.3 Å². The number of fused-ring (bicyclic) bond motifs is 1. The van der Waals surface area contributed by atoms with Gasteiger partial charge in [0.05, 0.1) is 0 Å². The number of Topliss-reactive ketones (excluding diaryl/α,β-unsaturated/α-hetero) is 1. The molecule has 0 spiro atoms. The van der Waals surface area contributed by atoms with Crippen molar-refractivity contribution in [3.8, 4) is 11.5 Å². The number of benzene rings is 1. The zero-order valence-electron chi connectivity index (χ0n) is 7.67. The van der Waals surface area contributed by atoms with Gasteiger partial charge < -0.3 is 9.47 Å². The summed E-state index contributed by atoms with van der Waals surface area (Å²) in [7, 11) is 0. The molecule has 1 aromatic carbocycles. The number of rotatable bonds is 2. The molecule has 1 aliphatic heterocycles. The van der Waals surface area contributed by atoms with E-state index < -0.39 is 0 Å². The molecule has 14 heavy (non-hydrogen) atoms. The van der Waals surface area contributed by atoms with Crippen molar-refractivity contribution in [3.05, 3.63) is 22.2 Å². The molecular formula is C10H9BrO3. The number of carbonyl (C=O) groups is 1. The van der Waals surface area contributed by atoms with Crippen LogP contribution in [0.1, 0.15) is 12.5 Å². The van der Waals surface area contributed by atoms with Crippen molar-refractivity contribution in [1.29, 1.82) is 0 Å². The van der Waals surface area contributed by atoms with E-state index in [1.165, 1.54) is 0 Å². The van der Waals surface area contributed by atoms with Gasteiger partial charge in [0.15, 0.2) is 11.5 Å². The van der Waals surface area contributed by atoms with E-state index in [2.05, 4.69) is 15.9 Å². The topological polar surface area (TPSA) is 35.5 Å². The zero-order valence-corrected chi connectivity index (χ0v) is 9.26. The second kappa shape index (κ2) is 3.61. The summed E-state index contributed by atoms with van der Waals surface area (Å²) in [4.78, 5) is 11.0. The summed E-state index contributed by atoms with van der Waals surface area (Å²) in [6.07, 6.45) is 0.368. The quantitative estimate of drug-likeness (QED) is 0.815. The Hall–Kier alpha value is -1.03. The van der Waals surface area contributed by atoms with Crippen LogP contribution in [0.3, 0.4) is 0 Å². The van der Waals surface area contributed by atoms with E-state index in [0.717, 1.165) is 10.0 Å². The van der Waals surface area contributed by atoms with Gasteiger partial charge in [-0.15, -0.1) is 0 Å². The largest absolute Gasteiger partial charge is 0.454 e. The van der Waals surface area contributed by atoms with E-state index in [0.29, 0.717) is 17.9 Å². The van der Waals surface area contributed by atoms with Crippen LogP contribution < -0.4 is 9.47 Å². The Morgan fingerprint density at radius 3 is 3.00 bits per heavy atom. The average molecular weight is 257 g/mol. The van der Waals surface area contributed by atoms with Crippen LogP contribution in [0.25, 0.3) is 0 Å². The standard InChI is InChI=1S/C10H9BrO3/c1-6(12)4-7-8(11)2-3-9-10(7)14-5-13-9/h2-3H,4-5H2,1H3. The lowest BCUT2D eigenvalue weighted by molar-refractivity contribution is -0.116. The second-order valence-corrected chi connectivity index (χ2v) is 3.99. The van der Waals surface area contributed by atoms with Gasteiger partial charge in [0.25, 0.3) is 0 Å². The minimum absolute atomic E-state index is 0.106. The SMILES string of the molecule is CC(=O)Cc1c(Br)ccc2c1OCO2. The Bertz CT molecular complexity index is 387. The van der Waals surface area contributed by atoms with E-state index in [9.17, 15) is 4.79 Å². The predicted octanol–water partition coefficient (Wildman–Crippen LogP) is 2.31. The summed E-state index contributed by atoms with van der Waals surface area (Å²) >= 11 is 3.39. The third-order valence-electron chi connectivity index (χ3n) is 2.01. The molecule has 0 radical (unpaired) electrons. The van der Waals surface area contributed by atoms with E-state index >= 15 is 0 Å². The molecule has 0 N–H and O–H groups in total. The van der Waals surface area contributed by atoms with Gasteiger partial charge in [0, 0.05) is 16.5 Å². The van der Waals surface area contributed by atoms with Crippen molar-refractivity contribution in [2.24, 2.45) is 0 Å². The minimum Gasteiger partial charge on any atom is -0.454 e. The number of halogens is 1. The van der Waals surface area contributed by atoms with Crippen molar-refractivity contribution >= 4 is 21.7 Å². The first kappa shape index (κ1) is 9.52. The Labute approximate surface area is 90.1 Å². The maximum absolute atomic E-state index is 11.0. The number of hydrogen-bond donors (Lipinski definition) is 0. The van der Waals surface area contributed by atoms with Gasteiger partial charge in [-0.05, 0) is 19.1 Å². The zero-order chi connectivity index (χ0) is 10.1. The summed E-state index contributed by atoms with van der Waals surface area (Å²) in [5.74, 6) is 1.51. The highest BCUT2D eigenvalue weighted by Crippen LogP contribution is 2.39. The number of ether oxygens (including phenoxy) is 2. The van der Waals surface area contributed by atoms with Crippen LogP contribution >= 0.6 is 15.9 Å². The first-order chi connectivity index (χ1) is 6.68. The maximum atomic E-state index is 11.0. The number of carbonyl (C=O) groups excluding carboxylic acids is 1. The highest BCUT2D eigenvalue weighted by molar-refractivity contribution is 9.10. The Balaban J connectivity index is 2.46. The first-order valence-electron chi connectivity index (χ1n) is 4.25. The molecule has 4 heteroatoms. The summed E-state index contributed by atoms with van der Waals surface area (Å²) in [5, 5.41) is 0. The number of hydrogen-bond acceptors (Lipinski definition) is 3. The first-order valence-corrected chi connectivity index (χ1v) is 5.04. The molecule has 1 heterocycles. The highest BCUT2D eigenvalue weighted by atomic mass is 79.9. The normalized spacial score (nSPS) is 13.0. The van der Waals surface area contributed by atoms with Gasteiger partial charge in [-0.2, -0.15) is 0 Å². The molecule has 0 atom stereocenters. The van der Waals surface area contributed by atoms with Crippen LogP contribution in [-0.4, -0.2) is 12.6 Å².